The van der Waals surface area contributed by atoms with Crippen LogP contribution >= 0.6 is 27.3 Å². The second-order valence-corrected chi connectivity index (χ2v) is 10.3. The summed E-state index contributed by atoms with van der Waals surface area (Å²) in [6.07, 6.45) is 1.47. The lowest BCUT2D eigenvalue weighted by Gasteiger charge is -2.26. The van der Waals surface area contributed by atoms with Crippen molar-refractivity contribution in [2.45, 2.75) is 39.8 Å². The Morgan fingerprint density at radius 1 is 1.22 bits per heavy atom. The van der Waals surface area contributed by atoms with E-state index in [1.807, 2.05) is 43.3 Å². The molecule has 1 aliphatic rings. The number of fused-ring (bicyclic) bond motifs is 1. The number of hydrogen-bond acceptors (Lipinski definition) is 7. The van der Waals surface area contributed by atoms with Crippen LogP contribution in [0.15, 0.2) is 68.0 Å². The van der Waals surface area contributed by atoms with Crippen LogP contribution < -0.4 is 24.4 Å². The topological polar surface area (TPSA) is 79.1 Å². The van der Waals surface area contributed by atoms with Crippen molar-refractivity contribution in [3.05, 3.63) is 89.0 Å². The van der Waals surface area contributed by atoms with Gasteiger partial charge in [-0.05, 0) is 58.0 Å². The highest BCUT2D eigenvalue weighted by molar-refractivity contribution is 9.10. The molecular formula is C27H27BrN2O5S. The fourth-order valence-electron chi connectivity index (χ4n) is 4.10. The Balaban J connectivity index is 2.00. The molecule has 7 nitrogen and oxygen atoms in total. The number of benzene rings is 2. The first kappa shape index (κ1) is 25.9. The highest BCUT2D eigenvalue weighted by atomic mass is 79.9. The van der Waals surface area contributed by atoms with E-state index in [1.54, 1.807) is 44.6 Å². The molecule has 0 spiro atoms. The lowest BCUT2D eigenvalue weighted by atomic mass is 9.95. The van der Waals surface area contributed by atoms with Crippen molar-refractivity contribution in [1.82, 2.24) is 4.57 Å². The third-order valence-corrected chi connectivity index (χ3v) is 7.05. The predicted octanol–water partition coefficient (Wildman–Crippen LogP) is 4.36. The van der Waals surface area contributed by atoms with Gasteiger partial charge in [0.05, 0.1) is 35.6 Å². The standard InChI is InChI=1S/C27H27BrN2O5S/c1-6-34-20-10-8-7-9-17(20)13-22-25(31)30-24(19-14-18(28)11-12-21(19)33-5)23(26(32)35-15(2)3)16(4)29-27(30)36-22/h7-15,24H,6H2,1-5H3/b22-13-/t24-/m0/s1. The molecule has 9 heteroatoms. The molecule has 188 valence electrons. The number of carbonyl (C=O) groups is 1. The molecule has 0 aliphatic carbocycles. The fraction of sp³-hybridized carbons (Fsp3) is 0.296. The number of nitrogens with zero attached hydrogens (tertiary/aromatic N) is 2. The first-order chi connectivity index (χ1) is 17.2. The highest BCUT2D eigenvalue weighted by Gasteiger charge is 2.35. The van der Waals surface area contributed by atoms with Gasteiger partial charge in [-0.15, -0.1) is 0 Å². The van der Waals surface area contributed by atoms with Gasteiger partial charge >= 0.3 is 5.97 Å². The number of para-hydroxylation sites is 1. The summed E-state index contributed by atoms with van der Waals surface area (Å²) in [6.45, 7) is 7.75. The molecule has 0 fully saturated rings. The smallest absolute Gasteiger partial charge is 0.338 e. The number of ether oxygens (including phenoxy) is 3. The Labute approximate surface area is 221 Å². The summed E-state index contributed by atoms with van der Waals surface area (Å²) in [4.78, 5) is 32.3. The number of esters is 1. The molecule has 1 aromatic heterocycles. The molecule has 1 atom stereocenters. The lowest BCUT2D eigenvalue weighted by molar-refractivity contribution is -0.143. The van der Waals surface area contributed by atoms with Crippen molar-refractivity contribution in [2.24, 2.45) is 4.99 Å². The third kappa shape index (κ3) is 5.03. The monoisotopic (exact) mass is 570 g/mol. The summed E-state index contributed by atoms with van der Waals surface area (Å²) in [6, 6.07) is 12.3. The van der Waals surface area contributed by atoms with Crippen LogP contribution in [0.2, 0.25) is 0 Å². The highest BCUT2D eigenvalue weighted by Crippen LogP contribution is 2.37. The Morgan fingerprint density at radius 3 is 2.67 bits per heavy atom. The van der Waals surface area contributed by atoms with Gasteiger partial charge in [0, 0.05) is 15.6 Å². The predicted molar refractivity (Wildman–Crippen MR) is 143 cm³/mol. The largest absolute Gasteiger partial charge is 0.496 e. The van der Waals surface area contributed by atoms with E-state index in [0.29, 0.717) is 44.3 Å². The average molecular weight is 571 g/mol. The number of allylic oxidation sites excluding steroid dienone is 1. The van der Waals surface area contributed by atoms with Gasteiger partial charge in [0.2, 0.25) is 0 Å². The fourth-order valence-corrected chi connectivity index (χ4v) is 5.52. The number of methoxy groups -OCH3 is 1. The van der Waals surface area contributed by atoms with Crippen LogP contribution in [-0.2, 0) is 9.53 Å². The van der Waals surface area contributed by atoms with Crippen molar-refractivity contribution < 1.29 is 19.0 Å². The maximum absolute atomic E-state index is 13.9. The number of halogens is 1. The molecule has 36 heavy (non-hydrogen) atoms. The van der Waals surface area contributed by atoms with Gasteiger partial charge in [0.1, 0.15) is 17.5 Å². The first-order valence-corrected chi connectivity index (χ1v) is 13.1. The summed E-state index contributed by atoms with van der Waals surface area (Å²) in [5.41, 5.74) is 1.97. The molecule has 0 unspecified atom stereocenters. The number of rotatable bonds is 7. The average Bonchev–Trinajstić information content (AvgIpc) is 3.13. The van der Waals surface area contributed by atoms with Crippen LogP contribution in [0.5, 0.6) is 11.5 Å². The third-order valence-electron chi connectivity index (χ3n) is 5.58. The molecule has 2 heterocycles. The molecule has 0 radical (unpaired) electrons. The normalized spacial score (nSPS) is 15.5. The Morgan fingerprint density at radius 2 is 1.97 bits per heavy atom. The van der Waals surface area contributed by atoms with Gasteiger partial charge in [-0.25, -0.2) is 9.79 Å². The van der Waals surface area contributed by atoms with Crippen LogP contribution in [0.3, 0.4) is 0 Å². The maximum atomic E-state index is 13.9. The van der Waals surface area contributed by atoms with E-state index in [0.717, 1.165) is 10.0 Å². The zero-order valence-corrected chi connectivity index (χ0v) is 23.1. The molecule has 4 rings (SSSR count). The van der Waals surface area contributed by atoms with E-state index >= 15 is 0 Å². The molecule has 0 saturated heterocycles. The lowest BCUT2D eigenvalue weighted by Crippen LogP contribution is -2.40. The van der Waals surface area contributed by atoms with Gasteiger partial charge < -0.3 is 14.2 Å². The van der Waals surface area contributed by atoms with Crippen molar-refractivity contribution in [3.8, 4) is 11.5 Å². The van der Waals surface area contributed by atoms with E-state index in [2.05, 4.69) is 20.9 Å². The van der Waals surface area contributed by atoms with Crippen molar-refractivity contribution in [1.29, 1.82) is 0 Å². The van der Waals surface area contributed by atoms with Gasteiger partial charge in [0.25, 0.3) is 5.56 Å². The second-order valence-electron chi connectivity index (χ2n) is 8.39. The summed E-state index contributed by atoms with van der Waals surface area (Å²) < 4.78 is 19.8. The second kappa shape index (κ2) is 10.8. The summed E-state index contributed by atoms with van der Waals surface area (Å²) >= 11 is 4.78. The molecule has 0 saturated carbocycles. The Kier molecular flexibility index (Phi) is 7.80. The minimum Gasteiger partial charge on any atom is -0.496 e. The molecule has 1 aliphatic heterocycles. The number of hydrogen-bond donors (Lipinski definition) is 0. The van der Waals surface area contributed by atoms with E-state index in [-0.39, 0.29) is 11.7 Å². The summed E-state index contributed by atoms with van der Waals surface area (Å²) in [5.74, 6) is 0.715. The van der Waals surface area contributed by atoms with E-state index in [9.17, 15) is 9.59 Å². The summed E-state index contributed by atoms with van der Waals surface area (Å²) in [5, 5.41) is 0. The quantitative estimate of drug-likeness (QED) is 0.394. The van der Waals surface area contributed by atoms with Crippen molar-refractivity contribution in [3.63, 3.8) is 0 Å². The molecule has 0 bridgehead atoms. The van der Waals surface area contributed by atoms with Crippen LogP contribution in [0.1, 0.15) is 44.9 Å². The van der Waals surface area contributed by atoms with E-state index in [1.165, 1.54) is 11.3 Å². The number of aromatic nitrogens is 1. The van der Waals surface area contributed by atoms with E-state index < -0.39 is 12.0 Å². The molecular weight excluding hydrogens is 544 g/mol. The zero-order valence-electron chi connectivity index (χ0n) is 20.7. The minimum atomic E-state index is -0.774. The number of thiazole rings is 1. The van der Waals surface area contributed by atoms with Gasteiger partial charge in [-0.3, -0.25) is 9.36 Å². The van der Waals surface area contributed by atoms with Crippen LogP contribution in [0, 0.1) is 0 Å². The van der Waals surface area contributed by atoms with Crippen molar-refractivity contribution >= 4 is 39.3 Å². The minimum absolute atomic E-state index is 0.264. The van der Waals surface area contributed by atoms with Gasteiger partial charge in [-0.2, -0.15) is 0 Å². The van der Waals surface area contributed by atoms with Gasteiger partial charge in [-0.1, -0.05) is 45.5 Å². The SMILES string of the molecule is CCOc1ccccc1/C=c1\sc2n(c1=O)[C@@H](c1cc(Br)ccc1OC)C(C(=O)OC(C)C)=C(C)N=2. The molecule has 2 aromatic carbocycles. The first-order valence-electron chi connectivity index (χ1n) is 11.5. The number of carbonyl (C=O) groups excluding carboxylic acids is 1. The molecule has 0 amide bonds. The van der Waals surface area contributed by atoms with Crippen LogP contribution in [0.25, 0.3) is 6.08 Å². The maximum Gasteiger partial charge on any atom is 0.338 e. The van der Waals surface area contributed by atoms with E-state index in [4.69, 9.17) is 14.2 Å². The molecule has 0 N–H and O–H groups in total. The van der Waals surface area contributed by atoms with Crippen LogP contribution in [0.4, 0.5) is 0 Å². The Bertz CT molecular complexity index is 1520. The van der Waals surface area contributed by atoms with Gasteiger partial charge in [0.15, 0.2) is 4.80 Å². The van der Waals surface area contributed by atoms with Crippen molar-refractivity contribution in [2.75, 3.05) is 13.7 Å². The molecule has 3 aromatic rings. The van der Waals surface area contributed by atoms with Crippen LogP contribution in [-0.4, -0.2) is 30.4 Å². The summed E-state index contributed by atoms with van der Waals surface area (Å²) in [7, 11) is 1.56. The Hall–Kier alpha value is -3.17. The zero-order chi connectivity index (χ0) is 26.0.